The number of ether oxygens (including phenoxy) is 1. The summed E-state index contributed by atoms with van der Waals surface area (Å²) in [6, 6.07) is 2.20. The summed E-state index contributed by atoms with van der Waals surface area (Å²) in [4.78, 5) is 14.1. The minimum atomic E-state index is 0.599. The molecule has 0 spiro atoms. The van der Waals surface area contributed by atoms with E-state index in [9.17, 15) is 0 Å². The second-order valence-electron chi connectivity index (χ2n) is 5.53. The van der Waals surface area contributed by atoms with E-state index in [1.807, 2.05) is 0 Å². The number of nitrogens with one attached hydrogen (secondary N) is 1. The molecule has 0 amide bonds. The van der Waals surface area contributed by atoms with Gasteiger partial charge in [0.05, 0.1) is 12.0 Å². The second-order valence-corrected chi connectivity index (χ2v) is 6.77. The molecule has 114 valence electrons. The molecule has 3 rings (SSSR count). The van der Waals surface area contributed by atoms with Gasteiger partial charge in [0.15, 0.2) is 0 Å². The highest BCUT2D eigenvalue weighted by atomic mass is 32.1. The standard InChI is InChI=1S/C15H22N4OS/c1-4-16-15-17-13(12-7-10(2)21-14(12)18-15)19-6-5-11(8-19)9-20-3/h7,11H,4-6,8-9H2,1-3H3,(H,16,17,18). The van der Waals surface area contributed by atoms with Crippen LogP contribution in [0.2, 0.25) is 0 Å². The van der Waals surface area contributed by atoms with Crippen LogP contribution in [0.25, 0.3) is 10.2 Å². The monoisotopic (exact) mass is 306 g/mol. The summed E-state index contributed by atoms with van der Waals surface area (Å²) in [6.07, 6.45) is 1.17. The molecule has 0 saturated carbocycles. The number of hydrogen-bond donors (Lipinski definition) is 1. The number of rotatable bonds is 5. The Kier molecular flexibility index (Phi) is 4.26. The first kappa shape index (κ1) is 14.5. The molecule has 5 nitrogen and oxygen atoms in total. The number of aromatic nitrogens is 2. The Morgan fingerprint density at radius 1 is 1.48 bits per heavy atom. The Morgan fingerprint density at radius 2 is 2.33 bits per heavy atom. The molecule has 1 aliphatic heterocycles. The number of methoxy groups -OCH3 is 1. The van der Waals surface area contributed by atoms with Gasteiger partial charge in [-0.15, -0.1) is 11.3 Å². The van der Waals surface area contributed by atoms with Crippen LogP contribution in [0.1, 0.15) is 18.2 Å². The number of thiophene rings is 1. The highest BCUT2D eigenvalue weighted by Crippen LogP contribution is 2.34. The normalized spacial score (nSPS) is 18.6. The van der Waals surface area contributed by atoms with Crippen molar-refractivity contribution in [3.8, 4) is 0 Å². The minimum absolute atomic E-state index is 0.599. The first-order chi connectivity index (χ1) is 10.2. The summed E-state index contributed by atoms with van der Waals surface area (Å²) >= 11 is 1.73. The van der Waals surface area contributed by atoms with Crippen LogP contribution in [0.4, 0.5) is 11.8 Å². The fourth-order valence-electron chi connectivity index (χ4n) is 2.90. The van der Waals surface area contributed by atoms with Crippen molar-refractivity contribution in [3.63, 3.8) is 0 Å². The van der Waals surface area contributed by atoms with Crippen LogP contribution < -0.4 is 10.2 Å². The number of fused-ring (bicyclic) bond motifs is 1. The molecule has 1 atom stereocenters. The van der Waals surface area contributed by atoms with Crippen LogP contribution in [-0.2, 0) is 4.74 Å². The molecule has 1 saturated heterocycles. The van der Waals surface area contributed by atoms with E-state index >= 15 is 0 Å². The van der Waals surface area contributed by atoms with E-state index in [4.69, 9.17) is 9.72 Å². The Hall–Kier alpha value is -1.40. The molecule has 0 radical (unpaired) electrons. The molecule has 3 heterocycles. The Morgan fingerprint density at radius 3 is 3.10 bits per heavy atom. The lowest BCUT2D eigenvalue weighted by atomic mass is 10.1. The molecule has 0 bridgehead atoms. The van der Waals surface area contributed by atoms with Crippen molar-refractivity contribution in [2.45, 2.75) is 20.3 Å². The van der Waals surface area contributed by atoms with E-state index in [0.717, 1.165) is 42.8 Å². The number of aryl methyl sites for hydroxylation is 1. The van der Waals surface area contributed by atoms with E-state index in [1.165, 1.54) is 16.7 Å². The van der Waals surface area contributed by atoms with Gasteiger partial charge in [0.1, 0.15) is 10.6 Å². The maximum absolute atomic E-state index is 5.29. The van der Waals surface area contributed by atoms with Gasteiger partial charge in [0.25, 0.3) is 0 Å². The molecule has 2 aromatic rings. The highest BCUT2D eigenvalue weighted by Gasteiger charge is 2.25. The molecule has 21 heavy (non-hydrogen) atoms. The average molecular weight is 306 g/mol. The third-order valence-electron chi connectivity index (χ3n) is 3.82. The first-order valence-corrected chi connectivity index (χ1v) is 8.28. The first-order valence-electron chi connectivity index (χ1n) is 7.47. The van der Waals surface area contributed by atoms with Gasteiger partial charge >= 0.3 is 0 Å². The summed E-state index contributed by atoms with van der Waals surface area (Å²) in [5, 5.41) is 4.42. The zero-order chi connectivity index (χ0) is 14.8. The SMILES string of the molecule is CCNc1nc(N2CCC(COC)C2)c2cc(C)sc2n1. The van der Waals surface area contributed by atoms with Gasteiger partial charge in [0.2, 0.25) is 5.95 Å². The van der Waals surface area contributed by atoms with Crippen molar-refractivity contribution in [2.75, 3.05) is 43.6 Å². The molecule has 2 aromatic heterocycles. The topological polar surface area (TPSA) is 50.3 Å². The number of anilines is 2. The molecular formula is C15H22N4OS. The van der Waals surface area contributed by atoms with Crippen molar-refractivity contribution in [2.24, 2.45) is 5.92 Å². The predicted molar refractivity (Wildman–Crippen MR) is 88.5 cm³/mol. The van der Waals surface area contributed by atoms with Crippen LogP contribution in [0.15, 0.2) is 6.07 Å². The molecule has 1 fully saturated rings. The Balaban J connectivity index is 1.96. The van der Waals surface area contributed by atoms with Crippen LogP contribution in [0.3, 0.4) is 0 Å². The van der Waals surface area contributed by atoms with Gasteiger partial charge in [-0.05, 0) is 26.3 Å². The van der Waals surface area contributed by atoms with E-state index in [1.54, 1.807) is 18.4 Å². The quantitative estimate of drug-likeness (QED) is 0.920. The molecule has 0 aromatic carbocycles. The maximum Gasteiger partial charge on any atom is 0.226 e. The minimum Gasteiger partial charge on any atom is -0.384 e. The van der Waals surface area contributed by atoms with Crippen LogP contribution in [-0.4, -0.2) is 43.3 Å². The summed E-state index contributed by atoms with van der Waals surface area (Å²) in [5.74, 6) is 2.40. The number of nitrogens with zero attached hydrogens (tertiary/aromatic N) is 3. The lowest BCUT2D eigenvalue weighted by Gasteiger charge is -2.19. The fraction of sp³-hybridized carbons (Fsp3) is 0.600. The van der Waals surface area contributed by atoms with Crippen molar-refractivity contribution < 1.29 is 4.74 Å². The van der Waals surface area contributed by atoms with Gasteiger partial charge in [-0.1, -0.05) is 0 Å². The summed E-state index contributed by atoms with van der Waals surface area (Å²) in [5.41, 5.74) is 0. The van der Waals surface area contributed by atoms with Crippen molar-refractivity contribution >= 4 is 33.3 Å². The smallest absolute Gasteiger partial charge is 0.226 e. The van der Waals surface area contributed by atoms with E-state index < -0.39 is 0 Å². The average Bonchev–Trinajstić information content (AvgIpc) is 3.04. The van der Waals surface area contributed by atoms with Gasteiger partial charge in [-0.2, -0.15) is 4.98 Å². The zero-order valence-corrected chi connectivity index (χ0v) is 13.7. The third-order valence-corrected chi connectivity index (χ3v) is 4.76. The Bertz CT molecular complexity index is 627. The van der Waals surface area contributed by atoms with E-state index in [-0.39, 0.29) is 0 Å². The van der Waals surface area contributed by atoms with Crippen LogP contribution in [0, 0.1) is 12.8 Å². The van der Waals surface area contributed by atoms with Crippen molar-refractivity contribution in [1.29, 1.82) is 0 Å². The molecule has 1 aliphatic rings. The molecular weight excluding hydrogens is 284 g/mol. The fourth-order valence-corrected chi connectivity index (χ4v) is 3.78. The molecule has 0 aliphatic carbocycles. The summed E-state index contributed by atoms with van der Waals surface area (Å²) in [7, 11) is 1.77. The van der Waals surface area contributed by atoms with Gasteiger partial charge in [-0.25, -0.2) is 4.98 Å². The largest absolute Gasteiger partial charge is 0.384 e. The second kappa shape index (κ2) is 6.15. The predicted octanol–water partition coefficient (Wildman–Crippen LogP) is 2.90. The van der Waals surface area contributed by atoms with Crippen molar-refractivity contribution in [3.05, 3.63) is 10.9 Å². The highest BCUT2D eigenvalue weighted by molar-refractivity contribution is 7.18. The zero-order valence-electron chi connectivity index (χ0n) is 12.8. The van der Waals surface area contributed by atoms with Gasteiger partial charge < -0.3 is 15.0 Å². The molecule has 1 N–H and O–H groups in total. The summed E-state index contributed by atoms with van der Waals surface area (Å²) in [6.45, 7) is 7.91. The number of hydrogen-bond acceptors (Lipinski definition) is 6. The summed E-state index contributed by atoms with van der Waals surface area (Å²) < 4.78 is 5.29. The van der Waals surface area contributed by atoms with Crippen LogP contribution >= 0.6 is 11.3 Å². The van der Waals surface area contributed by atoms with E-state index in [0.29, 0.717) is 5.92 Å². The maximum atomic E-state index is 5.29. The van der Waals surface area contributed by atoms with Gasteiger partial charge in [-0.3, -0.25) is 0 Å². The third kappa shape index (κ3) is 2.96. The van der Waals surface area contributed by atoms with Crippen LogP contribution in [0.5, 0.6) is 0 Å². The Labute approximate surface area is 129 Å². The van der Waals surface area contributed by atoms with Crippen molar-refractivity contribution in [1.82, 2.24) is 9.97 Å². The molecule has 6 heteroatoms. The lowest BCUT2D eigenvalue weighted by molar-refractivity contribution is 0.161. The van der Waals surface area contributed by atoms with E-state index in [2.05, 4.69) is 35.1 Å². The van der Waals surface area contributed by atoms with Gasteiger partial charge in [0, 0.05) is 37.5 Å². The lowest BCUT2D eigenvalue weighted by Crippen LogP contribution is -2.22. The molecule has 1 unspecified atom stereocenters.